The number of anilines is 1. The molecule has 0 radical (unpaired) electrons. The van der Waals surface area contributed by atoms with Gasteiger partial charge in [-0.25, -0.2) is 4.79 Å². The maximum Gasteiger partial charge on any atom is 0.348 e. The van der Waals surface area contributed by atoms with Gasteiger partial charge >= 0.3 is 5.97 Å². The van der Waals surface area contributed by atoms with E-state index in [-0.39, 0.29) is 21.2 Å². The molecule has 0 aliphatic heterocycles. The second kappa shape index (κ2) is 5.61. The van der Waals surface area contributed by atoms with Crippen molar-refractivity contribution in [1.82, 2.24) is 0 Å². The molecule has 2 aromatic rings. The lowest BCUT2D eigenvalue weighted by atomic mass is 10.2. The lowest BCUT2D eigenvalue weighted by molar-refractivity contribution is 0.0703. The van der Waals surface area contributed by atoms with Crippen LogP contribution in [0.4, 0.5) is 5.69 Å². The number of carbonyl (C=O) groups excluding carboxylic acids is 1. The molecule has 7 heteroatoms. The highest BCUT2D eigenvalue weighted by atomic mass is 35.5. The Balaban J connectivity index is 2.26. The molecule has 98 valence electrons. The van der Waals surface area contributed by atoms with Crippen LogP contribution in [0.5, 0.6) is 0 Å². The van der Waals surface area contributed by atoms with Gasteiger partial charge in [0.1, 0.15) is 4.88 Å². The molecule has 0 bridgehead atoms. The predicted molar refractivity (Wildman–Crippen MR) is 75.7 cm³/mol. The highest BCUT2D eigenvalue weighted by molar-refractivity contribution is 7.12. The molecule has 4 nitrogen and oxygen atoms in total. The average Bonchev–Trinajstić information content (AvgIpc) is 2.76. The Labute approximate surface area is 122 Å². The molecule has 0 aliphatic rings. The van der Waals surface area contributed by atoms with Gasteiger partial charge in [-0.2, -0.15) is 0 Å². The van der Waals surface area contributed by atoms with E-state index >= 15 is 0 Å². The van der Waals surface area contributed by atoms with Gasteiger partial charge in [0, 0.05) is 5.02 Å². The van der Waals surface area contributed by atoms with Crippen molar-refractivity contribution in [2.75, 3.05) is 5.32 Å². The largest absolute Gasteiger partial charge is 0.477 e. The number of carbonyl (C=O) groups is 2. The first-order chi connectivity index (χ1) is 8.99. The van der Waals surface area contributed by atoms with Crippen LogP contribution in [-0.4, -0.2) is 17.0 Å². The van der Waals surface area contributed by atoms with Gasteiger partial charge in [-0.1, -0.05) is 23.2 Å². The monoisotopic (exact) mass is 315 g/mol. The van der Waals surface area contributed by atoms with Crippen molar-refractivity contribution in [2.24, 2.45) is 0 Å². The molecule has 2 N–H and O–H groups in total. The second-order valence-corrected chi connectivity index (χ2v) is 5.31. The fourth-order valence-electron chi connectivity index (χ4n) is 1.44. The van der Waals surface area contributed by atoms with E-state index in [9.17, 15) is 9.59 Å². The van der Waals surface area contributed by atoms with E-state index in [1.54, 1.807) is 5.38 Å². The number of rotatable bonds is 3. The Morgan fingerprint density at radius 1 is 1.21 bits per heavy atom. The fourth-order valence-corrected chi connectivity index (χ4v) is 2.62. The minimum Gasteiger partial charge on any atom is -0.477 e. The SMILES string of the molecule is O=C(Nc1ccsc1C(=O)O)c1ccc(Cl)cc1Cl. The van der Waals surface area contributed by atoms with E-state index in [1.807, 2.05) is 0 Å². The highest BCUT2D eigenvalue weighted by Gasteiger charge is 2.16. The van der Waals surface area contributed by atoms with Crippen molar-refractivity contribution in [3.8, 4) is 0 Å². The number of carboxylic acids is 1. The summed E-state index contributed by atoms with van der Waals surface area (Å²) in [4.78, 5) is 23.0. The van der Waals surface area contributed by atoms with Crippen LogP contribution >= 0.6 is 34.5 Å². The van der Waals surface area contributed by atoms with Gasteiger partial charge < -0.3 is 10.4 Å². The summed E-state index contributed by atoms with van der Waals surface area (Å²) in [6.45, 7) is 0. The first-order valence-corrected chi connectivity index (χ1v) is 6.70. The number of hydrogen-bond acceptors (Lipinski definition) is 3. The number of aromatic carboxylic acids is 1. The zero-order chi connectivity index (χ0) is 14.0. The van der Waals surface area contributed by atoms with Crippen LogP contribution < -0.4 is 5.32 Å². The van der Waals surface area contributed by atoms with Gasteiger partial charge in [0.25, 0.3) is 5.91 Å². The van der Waals surface area contributed by atoms with Gasteiger partial charge in [0.05, 0.1) is 16.3 Å². The van der Waals surface area contributed by atoms with E-state index in [1.165, 1.54) is 24.3 Å². The Morgan fingerprint density at radius 3 is 2.58 bits per heavy atom. The van der Waals surface area contributed by atoms with E-state index in [2.05, 4.69) is 5.32 Å². The van der Waals surface area contributed by atoms with Crippen LogP contribution in [-0.2, 0) is 0 Å². The van der Waals surface area contributed by atoms with Crippen molar-refractivity contribution < 1.29 is 14.7 Å². The van der Waals surface area contributed by atoms with Crippen LogP contribution in [0.2, 0.25) is 10.0 Å². The molecule has 2 rings (SSSR count). The van der Waals surface area contributed by atoms with Crippen molar-refractivity contribution >= 4 is 52.1 Å². The van der Waals surface area contributed by atoms with Crippen LogP contribution in [0.3, 0.4) is 0 Å². The summed E-state index contributed by atoms with van der Waals surface area (Å²) in [6, 6.07) is 5.99. The molecule has 0 aliphatic carbocycles. The fraction of sp³-hybridized carbons (Fsp3) is 0. The van der Waals surface area contributed by atoms with E-state index < -0.39 is 11.9 Å². The number of thiophene rings is 1. The molecule has 0 unspecified atom stereocenters. The molecule has 0 fully saturated rings. The zero-order valence-electron chi connectivity index (χ0n) is 9.31. The summed E-state index contributed by atoms with van der Waals surface area (Å²) in [6.07, 6.45) is 0. The molecule has 1 aromatic carbocycles. The molecular weight excluding hydrogens is 309 g/mol. The standard InChI is InChI=1S/C12H7Cl2NO3S/c13-6-1-2-7(8(14)5-6)11(16)15-9-3-4-19-10(9)12(17)18/h1-5H,(H,15,16)(H,17,18). The minimum atomic E-state index is -1.09. The summed E-state index contributed by atoms with van der Waals surface area (Å²) in [5.74, 6) is -1.57. The topological polar surface area (TPSA) is 66.4 Å². The third-order valence-electron chi connectivity index (χ3n) is 2.28. The van der Waals surface area contributed by atoms with Crippen LogP contribution in [0.15, 0.2) is 29.6 Å². The van der Waals surface area contributed by atoms with Gasteiger partial charge in [-0.15, -0.1) is 11.3 Å². The van der Waals surface area contributed by atoms with E-state index in [0.717, 1.165) is 11.3 Å². The first kappa shape index (κ1) is 13.9. The number of amides is 1. The maximum atomic E-state index is 12.0. The summed E-state index contributed by atoms with van der Waals surface area (Å²) >= 11 is 12.7. The Hall–Kier alpha value is -1.56. The molecule has 1 amide bonds. The summed E-state index contributed by atoms with van der Waals surface area (Å²) in [5.41, 5.74) is 0.474. The van der Waals surface area contributed by atoms with E-state index in [4.69, 9.17) is 28.3 Å². The number of halogens is 2. The Kier molecular flexibility index (Phi) is 4.09. The van der Waals surface area contributed by atoms with Crippen molar-refractivity contribution in [3.05, 3.63) is 50.1 Å². The molecule has 1 heterocycles. The minimum absolute atomic E-state index is 0.0680. The van der Waals surface area contributed by atoms with Crippen molar-refractivity contribution in [3.63, 3.8) is 0 Å². The molecule has 0 atom stereocenters. The smallest absolute Gasteiger partial charge is 0.348 e. The van der Waals surface area contributed by atoms with Gasteiger partial charge in [-0.3, -0.25) is 4.79 Å². The Morgan fingerprint density at radius 2 is 1.95 bits per heavy atom. The molecular formula is C12H7Cl2NO3S. The third kappa shape index (κ3) is 3.07. The van der Waals surface area contributed by atoms with Gasteiger partial charge in [0.15, 0.2) is 0 Å². The van der Waals surface area contributed by atoms with Gasteiger partial charge in [0.2, 0.25) is 0 Å². The average molecular weight is 316 g/mol. The predicted octanol–water partition coefficient (Wildman–Crippen LogP) is 4.01. The van der Waals surface area contributed by atoms with Crippen LogP contribution in [0.25, 0.3) is 0 Å². The highest BCUT2D eigenvalue weighted by Crippen LogP contribution is 2.25. The van der Waals surface area contributed by atoms with Crippen LogP contribution in [0.1, 0.15) is 20.0 Å². The summed E-state index contributed by atoms with van der Waals surface area (Å²) < 4.78 is 0. The number of carboxylic acid groups (broad SMARTS) is 1. The first-order valence-electron chi connectivity index (χ1n) is 5.06. The zero-order valence-corrected chi connectivity index (χ0v) is 11.6. The second-order valence-electron chi connectivity index (χ2n) is 3.55. The quantitative estimate of drug-likeness (QED) is 0.899. The Bertz CT molecular complexity index is 654. The molecule has 0 saturated heterocycles. The molecule has 19 heavy (non-hydrogen) atoms. The van der Waals surface area contributed by atoms with Crippen molar-refractivity contribution in [2.45, 2.75) is 0 Å². The number of hydrogen-bond donors (Lipinski definition) is 2. The molecule has 1 aromatic heterocycles. The lowest BCUT2D eigenvalue weighted by Gasteiger charge is -2.06. The van der Waals surface area contributed by atoms with Gasteiger partial charge in [-0.05, 0) is 29.6 Å². The van der Waals surface area contributed by atoms with E-state index in [0.29, 0.717) is 5.02 Å². The number of benzene rings is 1. The van der Waals surface area contributed by atoms with Crippen LogP contribution in [0, 0.1) is 0 Å². The maximum absolute atomic E-state index is 12.0. The molecule has 0 spiro atoms. The lowest BCUT2D eigenvalue weighted by Crippen LogP contribution is -2.13. The number of nitrogens with one attached hydrogen (secondary N) is 1. The molecule has 0 saturated carbocycles. The summed E-state index contributed by atoms with van der Waals surface area (Å²) in [5, 5.41) is 13.7. The normalized spacial score (nSPS) is 10.2. The summed E-state index contributed by atoms with van der Waals surface area (Å²) in [7, 11) is 0. The van der Waals surface area contributed by atoms with Crippen molar-refractivity contribution in [1.29, 1.82) is 0 Å². The third-order valence-corrected chi connectivity index (χ3v) is 3.73.